The predicted octanol–water partition coefficient (Wildman–Crippen LogP) is 3.74. The summed E-state index contributed by atoms with van der Waals surface area (Å²) in [4.78, 5) is 0. The molecule has 1 fully saturated rings. The van der Waals surface area contributed by atoms with Crippen LogP contribution in [-0.2, 0) is 0 Å². The third-order valence-electron chi connectivity index (χ3n) is 3.69. The van der Waals surface area contributed by atoms with Gasteiger partial charge in [-0.05, 0) is 61.9 Å². The van der Waals surface area contributed by atoms with Gasteiger partial charge in [-0.25, -0.2) is 4.39 Å². The van der Waals surface area contributed by atoms with Crippen molar-refractivity contribution in [3.8, 4) is 0 Å². The Bertz CT molecular complexity index is 319. The van der Waals surface area contributed by atoms with Crippen molar-refractivity contribution in [3.63, 3.8) is 0 Å². The molecule has 17 heavy (non-hydrogen) atoms. The van der Waals surface area contributed by atoms with Crippen LogP contribution in [0.2, 0.25) is 0 Å². The van der Waals surface area contributed by atoms with Gasteiger partial charge in [0.05, 0.1) is 0 Å². The van der Waals surface area contributed by atoms with Crippen LogP contribution in [0.15, 0.2) is 24.3 Å². The summed E-state index contributed by atoms with van der Waals surface area (Å²) >= 11 is 0. The second-order valence-electron chi connectivity index (χ2n) is 4.65. The van der Waals surface area contributed by atoms with E-state index < -0.39 is 0 Å². The van der Waals surface area contributed by atoms with E-state index in [-0.39, 0.29) is 18.2 Å². The van der Waals surface area contributed by atoms with Crippen LogP contribution in [-0.4, -0.2) is 13.1 Å². The minimum absolute atomic E-state index is 0. The molecule has 0 spiro atoms. The Morgan fingerprint density at radius 2 is 1.82 bits per heavy atom. The minimum atomic E-state index is -0.135. The molecule has 0 aliphatic carbocycles. The maximum atomic E-state index is 12.9. The van der Waals surface area contributed by atoms with Gasteiger partial charge in [0, 0.05) is 0 Å². The third kappa shape index (κ3) is 3.68. The van der Waals surface area contributed by atoms with Gasteiger partial charge >= 0.3 is 0 Å². The summed E-state index contributed by atoms with van der Waals surface area (Å²) in [5.41, 5.74) is 1.30. The van der Waals surface area contributed by atoms with Crippen LogP contribution in [0.1, 0.15) is 37.7 Å². The van der Waals surface area contributed by atoms with Crippen LogP contribution in [0.4, 0.5) is 4.39 Å². The lowest BCUT2D eigenvalue weighted by atomic mass is 9.79. The highest BCUT2D eigenvalue weighted by molar-refractivity contribution is 5.85. The molecule has 1 aromatic carbocycles. The Kier molecular flexibility index (Phi) is 5.93. The van der Waals surface area contributed by atoms with Crippen molar-refractivity contribution >= 4 is 12.4 Å². The van der Waals surface area contributed by atoms with E-state index in [0.29, 0.717) is 5.92 Å². The van der Waals surface area contributed by atoms with E-state index in [1.807, 2.05) is 12.1 Å². The van der Waals surface area contributed by atoms with E-state index in [0.717, 1.165) is 25.4 Å². The van der Waals surface area contributed by atoms with E-state index in [9.17, 15) is 4.39 Å². The van der Waals surface area contributed by atoms with E-state index in [2.05, 4.69) is 12.2 Å². The maximum absolute atomic E-state index is 12.9. The van der Waals surface area contributed by atoms with Crippen molar-refractivity contribution in [2.24, 2.45) is 5.92 Å². The number of piperidine rings is 1. The van der Waals surface area contributed by atoms with Crippen molar-refractivity contribution in [2.45, 2.75) is 32.1 Å². The Balaban J connectivity index is 0.00000144. The first-order valence-corrected chi connectivity index (χ1v) is 6.27. The molecule has 0 amide bonds. The zero-order valence-electron chi connectivity index (χ0n) is 10.3. The number of rotatable bonds is 3. The molecule has 1 nitrogen and oxygen atoms in total. The lowest BCUT2D eigenvalue weighted by Crippen LogP contribution is -2.30. The predicted molar refractivity (Wildman–Crippen MR) is 72.3 cm³/mol. The van der Waals surface area contributed by atoms with Gasteiger partial charge in [0.15, 0.2) is 0 Å². The van der Waals surface area contributed by atoms with Gasteiger partial charge in [0.2, 0.25) is 0 Å². The van der Waals surface area contributed by atoms with Gasteiger partial charge in [-0.15, -0.1) is 12.4 Å². The fourth-order valence-corrected chi connectivity index (χ4v) is 2.80. The van der Waals surface area contributed by atoms with Gasteiger partial charge in [0.25, 0.3) is 0 Å². The summed E-state index contributed by atoms with van der Waals surface area (Å²) < 4.78 is 12.9. The van der Waals surface area contributed by atoms with Gasteiger partial charge in [-0.2, -0.15) is 0 Å². The monoisotopic (exact) mass is 257 g/mol. The normalized spacial score (nSPS) is 18.5. The summed E-state index contributed by atoms with van der Waals surface area (Å²) in [5.74, 6) is 1.23. The molecular formula is C14H21ClFN. The molecule has 1 unspecified atom stereocenters. The second-order valence-corrected chi connectivity index (χ2v) is 4.65. The number of benzene rings is 1. The maximum Gasteiger partial charge on any atom is 0.123 e. The van der Waals surface area contributed by atoms with Gasteiger partial charge < -0.3 is 5.32 Å². The van der Waals surface area contributed by atoms with Crippen molar-refractivity contribution in [1.29, 1.82) is 0 Å². The Labute approximate surface area is 109 Å². The highest BCUT2D eigenvalue weighted by atomic mass is 35.5. The highest BCUT2D eigenvalue weighted by Crippen LogP contribution is 2.33. The average molecular weight is 258 g/mol. The first kappa shape index (κ1) is 14.5. The lowest BCUT2D eigenvalue weighted by Gasteiger charge is -2.30. The van der Waals surface area contributed by atoms with Crippen LogP contribution in [0.25, 0.3) is 0 Å². The van der Waals surface area contributed by atoms with E-state index >= 15 is 0 Å². The molecule has 2 rings (SSSR count). The molecule has 1 aromatic rings. The third-order valence-corrected chi connectivity index (χ3v) is 3.69. The van der Waals surface area contributed by atoms with Crippen LogP contribution >= 0.6 is 12.4 Å². The van der Waals surface area contributed by atoms with Crippen LogP contribution in [0.5, 0.6) is 0 Å². The number of hydrogen-bond donors (Lipinski definition) is 1. The smallest absolute Gasteiger partial charge is 0.123 e. The zero-order valence-corrected chi connectivity index (χ0v) is 11.1. The van der Waals surface area contributed by atoms with E-state index in [4.69, 9.17) is 0 Å². The summed E-state index contributed by atoms with van der Waals surface area (Å²) in [6, 6.07) is 7.06. The summed E-state index contributed by atoms with van der Waals surface area (Å²) in [7, 11) is 0. The molecule has 1 N–H and O–H groups in total. The molecule has 1 heterocycles. The average Bonchev–Trinajstić information content (AvgIpc) is 2.34. The number of hydrogen-bond acceptors (Lipinski definition) is 1. The first-order valence-electron chi connectivity index (χ1n) is 6.27. The molecule has 1 saturated heterocycles. The molecule has 0 radical (unpaired) electrons. The van der Waals surface area contributed by atoms with Crippen LogP contribution in [0.3, 0.4) is 0 Å². The van der Waals surface area contributed by atoms with Crippen molar-refractivity contribution in [1.82, 2.24) is 5.32 Å². The van der Waals surface area contributed by atoms with Gasteiger partial charge in [0.1, 0.15) is 5.82 Å². The molecule has 0 aromatic heterocycles. The topological polar surface area (TPSA) is 12.0 Å². The minimum Gasteiger partial charge on any atom is -0.317 e. The van der Waals surface area contributed by atoms with Crippen LogP contribution in [0, 0.1) is 11.7 Å². The SMILES string of the molecule is CCC(c1ccc(F)cc1)C1CCNCC1.Cl. The largest absolute Gasteiger partial charge is 0.317 e. The number of halogens is 2. The first-order chi connectivity index (χ1) is 7.81. The summed E-state index contributed by atoms with van der Waals surface area (Å²) in [6.07, 6.45) is 3.64. The Morgan fingerprint density at radius 3 is 2.35 bits per heavy atom. The zero-order chi connectivity index (χ0) is 11.4. The molecule has 0 bridgehead atoms. The Morgan fingerprint density at radius 1 is 1.24 bits per heavy atom. The van der Waals surface area contributed by atoms with E-state index in [1.165, 1.54) is 18.4 Å². The van der Waals surface area contributed by atoms with Gasteiger partial charge in [-0.3, -0.25) is 0 Å². The van der Waals surface area contributed by atoms with Crippen molar-refractivity contribution in [2.75, 3.05) is 13.1 Å². The van der Waals surface area contributed by atoms with Crippen molar-refractivity contribution in [3.05, 3.63) is 35.6 Å². The molecule has 1 atom stereocenters. The van der Waals surface area contributed by atoms with Crippen molar-refractivity contribution < 1.29 is 4.39 Å². The second kappa shape index (κ2) is 6.97. The Hall–Kier alpha value is -0.600. The van der Waals surface area contributed by atoms with Crippen LogP contribution < -0.4 is 5.32 Å². The summed E-state index contributed by atoms with van der Waals surface area (Å²) in [5, 5.41) is 3.39. The highest BCUT2D eigenvalue weighted by Gasteiger charge is 2.23. The standard InChI is InChI=1S/C14H20FN.ClH/c1-2-14(12-7-9-16-10-8-12)11-3-5-13(15)6-4-11;/h3-6,12,14,16H,2,7-10H2,1H3;1H. The molecule has 3 heteroatoms. The molecule has 1 aliphatic heterocycles. The summed E-state index contributed by atoms with van der Waals surface area (Å²) in [6.45, 7) is 4.49. The van der Waals surface area contributed by atoms with Gasteiger partial charge in [-0.1, -0.05) is 19.1 Å². The fraction of sp³-hybridized carbons (Fsp3) is 0.571. The lowest BCUT2D eigenvalue weighted by molar-refractivity contribution is 0.312. The molecular weight excluding hydrogens is 237 g/mol. The molecule has 1 aliphatic rings. The molecule has 0 saturated carbocycles. The fourth-order valence-electron chi connectivity index (χ4n) is 2.80. The number of nitrogens with one attached hydrogen (secondary N) is 1. The molecule has 96 valence electrons. The quantitative estimate of drug-likeness (QED) is 0.870. The van der Waals surface area contributed by atoms with E-state index in [1.54, 1.807) is 12.1 Å².